The monoisotopic (exact) mass is 437 g/mol. The number of hydrogen-bond acceptors (Lipinski definition) is 6. The molecule has 0 fully saturated rings. The predicted molar refractivity (Wildman–Crippen MR) is 122 cm³/mol. The van der Waals surface area contributed by atoms with Gasteiger partial charge in [0.25, 0.3) is 5.91 Å². The molecule has 1 aromatic heterocycles. The zero-order chi connectivity index (χ0) is 23.1. The van der Waals surface area contributed by atoms with Crippen LogP contribution in [0.3, 0.4) is 0 Å². The summed E-state index contributed by atoms with van der Waals surface area (Å²) in [6.07, 6.45) is 3.91. The standard InChI is InChI=1S/C24H27N3O5/c1-6-8-16-13-18(14-20(30-3)22(16)31-4)24(28)26-21-11-12-25-27(21)15-17-9-7-10-19(29-2)23(17)32-5/h6-7,9-14H,1,8,15H2,2-5H3,(H,26,28). The fourth-order valence-corrected chi connectivity index (χ4v) is 3.47. The fraction of sp³-hybridized carbons (Fsp3) is 0.250. The third-order valence-electron chi connectivity index (χ3n) is 4.94. The summed E-state index contributed by atoms with van der Waals surface area (Å²) in [5, 5.41) is 7.26. The number of benzene rings is 2. The minimum absolute atomic E-state index is 0.296. The summed E-state index contributed by atoms with van der Waals surface area (Å²) in [6, 6.07) is 10.8. The Bertz CT molecular complexity index is 1110. The number of carbonyl (C=O) groups is 1. The number of para-hydroxylation sites is 1. The minimum atomic E-state index is -0.296. The second-order valence-corrected chi connectivity index (χ2v) is 6.84. The average Bonchev–Trinajstić information content (AvgIpc) is 3.24. The van der Waals surface area contributed by atoms with Gasteiger partial charge in [-0.1, -0.05) is 18.2 Å². The van der Waals surface area contributed by atoms with Crippen LogP contribution in [-0.2, 0) is 13.0 Å². The Morgan fingerprint density at radius 3 is 2.38 bits per heavy atom. The Morgan fingerprint density at radius 1 is 1.00 bits per heavy atom. The molecule has 8 heteroatoms. The molecule has 0 aliphatic heterocycles. The highest BCUT2D eigenvalue weighted by molar-refractivity contribution is 6.04. The van der Waals surface area contributed by atoms with E-state index in [1.165, 1.54) is 7.11 Å². The van der Waals surface area contributed by atoms with E-state index >= 15 is 0 Å². The molecule has 1 N–H and O–H groups in total. The van der Waals surface area contributed by atoms with E-state index in [1.807, 2.05) is 18.2 Å². The van der Waals surface area contributed by atoms with Gasteiger partial charge in [-0.3, -0.25) is 4.79 Å². The highest BCUT2D eigenvalue weighted by Gasteiger charge is 2.18. The molecule has 0 saturated heterocycles. The number of amides is 1. The van der Waals surface area contributed by atoms with Crippen molar-refractivity contribution in [1.82, 2.24) is 9.78 Å². The number of aromatic nitrogens is 2. The third kappa shape index (κ3) is 4.69. The summed E-state index contributed by atoms with van der Waals surface area (Å²) in [5.41, 5.74) is 2.11. The van der Waals surface area contributed by atoms with Gasteiger partial charge in [-0.2, -0.15) is 5.10 Å². The maximum absolute atomic E-state index is 13.0. The van der Waals surface area contributed by atoms with E-state index in [2.05, 4.69) is 17.0 Å². The molecular weight excluding hydrogens is 410 g/mol. The first-order valence-electron chi connectivity index (χ1n) is 9.95. The van der Waals surface area contributed by atoms with E-state index in [1.54, 1.807) is 56.5 Å². The molecule has 2 aromatic carbocycles. The van der Waals surface area contributed by atoms with Crippen LogP contribution in [0.4, 0.5) is 5.82 Å². The van der Waals surface area contributed by atoms with Crippen LogP contribution < -0.4 is 24.3 Å². The molecule has 3 rings (SSSR count). The predicted octanol–water partition coefficient (Wildman–Crippen LogP) is 3.95. The van der Waals surface area contributed by atoms with Crippen LogP contribution in [0.2, 0.25) is 0 Å². The molecule has 8 nitrogen and oxygen atoms in total. The molecule has 3 aromatic rings. The van der Waals surface area contributed by atoms with E-state index in [4.69, 9.17) is 18.9 Å². The smallest absolute Gasteiger partial charge is 0.256 e. The van der Waals surface area contributed by atoms with E-state index in [-0.39, 0.29) is 5.91 Å². The van der Waals surface area contributed by atoms with Crippen LogP contribution in [0.5, 0.6) is 23.0 Å². The summed E-state index contributed by atoms with van der Waals surface area (Å²) < 4.78 is 23.4. The van der Waals surface area contributed by atoms with E-state index in [9.17, 15) is 4.79 Å². The van der Waals surface area contributed by atoms with Gasteiger partial charge in [0, 0.05) is 22.8 Å². The molecular formula is C24H27N3O5. The number of nitrogens with one attached hydrogen (secondary N) is 1. The van der Waals surface area contributed by atoms with Crippen molar-refractivity contribution in [3.8, 4) is 23.0 Å². The lowest BCUT2D eigenvalue weighted by Crippen LogP contribution is -2.17. The maximum Gasteiger partial charge on any atom is 0.256 e. The number of carbonyl (C=O) groups excluding carboxylic acids is 1. The molecule has 32 heavy (non-hydrogen) atoms. The molecule has 0 atom stereocenters. The van der Waals surface area contributed by atoms with E-state index in [0.29, 0.717) is 47.3 Å². The number of anilines is 1. The number of ether oxygens (including phenoxy) is 4. The van der Waals surface area contributed by atoms with Gasteiger partial charge in [0.1, 0.15) is 5.82 Å². The van der Waals surface area contributed by atoms with Crippen molar-refractivity contribution in [2.24, 2.45) is 0 Å². The number of nitrogens with zero attached hydrogens (tertiary/aromatic N) is 2. The normalized spacial score (nSPS) is 10.4. The van der Waals surface area contributed by atoms with Gasteiger partial charge < -0.3 is 24.3 Å². The van der Waals surface area contributed by atoms with E-state index < -0.39 is 0 Å². The Morgan fingerprint density at radius 2 is 1.72 bits per heavy atom. The summed E-state index contributed by atoms with van der Waals surface area (Å²) in [5.74, 6) is 2.56. The van der Waals surface area contributed by atoms with Gasteiger partial charge in [-0.25, -0.2) is 4.68 Å². The summed E-state index contributed by atoms with van der Waals surface area (Å²) in [7, 11) is 6.28. The van der Waals surface area contributed by atoms with Crippen molar-refractivity contribution in [3.05, 3.63) is 71.9 Å². The van der Waals surface area contributed by atoms with Crippen LogP contribution >= 0.6 is 0 Å². The van der Waals surface area contributed by atoms with Crippen molar-refractivity contribution >= 4 is 11.7 Å². The summed E-state index contributed by atoms with van der Waals surface area (Å²) >= 11 is 0. The van der Waals surface area contributed by atoms with Crippen molar-refractivity contribution in [2.45, 2.75) is 13.0 Å². The van der Waals surface area contributed by atoms with Crippen LogP contribution in [0, 0.1) is 0 Å². The first-order valence-corrected chi connectivity index (χ1v) is 9.95. The third-order valence-corrected chi connectivity index (χ3v) is 4.94. The van der Waals surface area contributed by atoms with Crippen molar-refractivity contribution in [2.75, 3.05) is 33.8 Å². The first kappa shape index (κ1) is 22.7. The van der Waals surface area contributed by atoms with E-state index in [0.717, 1.165) is 11.1 Å². The summed E-state index contributed by atoms with van der Waals surface area (Å²) in [6.45, 7) is 4.16. The fourth-order valence-electron chi connectivity index (χ4n) is 3.47. The Balaban J connectivity index is 1.88. The topological polar surface area (TPSA) is 83.8 Å². The highest BCUT2D eigenvalue weighted by Crippen LogP contribution is 2.34. The average molecular weight is 437 g/mol. The second kappa shape index (κ2) is 10.4. The molecule has 0 bridgehead atoms. The van der Waals surface area contributed by atoms with Crippen LogP contribution in [0.25, 0.3) is 0 Å². The zero-order valence-corrected chi connectivity index (χ0v) is 18.7. The van der Waals surface area contributed by atoms with Crippen LogP contribution in [0.1, 0.15) is 21.5 Å². The van der Waals surface area contributed by atoms with Gasteiger partial charge in [0.2, 0.25) is 0 Å². The molecule has 0 unspecified atom stereocenters. The number of rotatable bonds is 10. The molecule has 0 aliphatic rings. The SMILES string of the molecule is C=CCc1cc(C(=O)Nc2ccnn2Cc2cccc(OC)c2OC)cc(OC)c1OC. The molecule has 168 valence electrons. The molecule has 0 radical (unpaired) electrons. The van der Waals surface area contributed by atoms with Gasteiger partial charge in [-0.05, 0) is 24.6 Å². The highest BCUT2D eigenvalue weighted by atomic mass is 16.5. The molecule has 1 heterocycles. The van der Waals surface area contributed by atoms with Gasteiger partial charge in [0.15, 0.2) is 23.0 Å². The lowest BCUT2D eigenvalue weighted by Gasteiger charge is -2.16. The summed E-state index contributed by atoms with van der Waals surface area (Å²) in [4.78, 5) is 13.0. The Kier molecular flexibility index (Phi) is 7.38. The lowest BCUT2D eigenvalue weighted by atomic mass is 10.0. The number of hydrogen-bond donors (Lipinski definition) is 1. The zero-order valence-electron chi connectivity index (χ0n) is 18.7. The number of allylic oxidation sites excluding steroid dienone is 1. The van der Waals surface area contributed by atoms with Crippen LogP contribution in [0.15, 0.2) is 55.3 Å². The first-order chi connectivity index (χ1) is 15.6. The van der Waals surface area contributed by atoms with Crippen molar-refractivity contribution in [1.29, 1.82) is 0 Å². The largest absolute Gasteiger partial charge is 0.493 e. The molecule has 1 amide bonds. The van der Waals surface area contributed by atoms with Crippen LogP contribution in [-0.4, -0.2) is 44.1 Å². The molecule has 0 spiro atoms. The van der Waals surface area contributed by atoms with Gasteiger partial charge >= 0.3 is 0 Å². The quantitative estimate of drug-likeness (QED) is 0.484. The number of methoxy groups -OCH3 is 4. The second-order valence-electron chi connectivity index (χ2n) is 6.84. The lowest BCUT2D eigenvalue weighted by molar-refractivity contribution is 0.102. The van der Waals surface area contributed by atoms with Gasteiger partial charge in [-0.15, -0.1) is 6.58 Å². The Hall–Kier alpha value is -3.94. The Labute approximate surface area is 187 Å². The maximum atomic E-state index is 13.0. The van der Waals surface area contributed by atoms with Gasteiger partial charge in [0.05, 0.1) is 41.2 Å². The van der Waals surface area contributed by atoms with Crippen molar-refractivity contribution in [3.63, 3.8) is 0 Å². The molecule has 0 aliphatic carbocycles. The minimum Gasteiger partial charge on any atom is -0.493 e. The molecule has 0 saturated carbocycles. The van der Waals surface area contributed by atoms with Crippen molar-refractivity contribution < 1.29 is 23.7 Å².